The number of cyclic esters (lactones) is 1. The molecule has 0 radical (unpaired) electrons. The van der Waals surface area contributed by atoms with Crippen LogP contribution in [0.25, 0.3) is 0 Å². The zero-order chi connectivity index (χ0) is 12.4. The highest BCUT2D eigenvalue weighted by Crippen LogP contribution is 2.36. The van der Waals surface area contributed by atoms with Crippen LogP contribution in [-0.2, 0) is 9.53 Å². The van der Waals surface area contributed by atoms with Crippen LogP contribution in [0.15, 0.2) is 42.0 Å². The van der Waals surface area contributed by atoms with Crippen molar-refractivity contribution in [2.75, 3.05) is 6.61 Å². The Morgan fingerprint density at radius 2 is 1.94 bits per heavy atom. The molecule has 2 heteroatoms. The Morgan fingerprint density at radius 1 is 1.11 bits per heavy atom. The zero-order valence-corrected chi connectivity index (χ0v) is 10.5. The molecule has 2 atom stereocenters. The number of rotatable bonds is 2. The number of benzene rings is 1. The van der Waals surface area contributed by atoms with Crippen LogP contribution in [0, 0.1) is 5.92 Å². The number of hydrogen-bond donors (Lipinski definition) is 0. The maximum Gasteiger partial charge on any atom is 0.306 e. The van der Waals surface area contributed by atoms with E-state index in [2.05, 4.69) is 36.4 Å². The van der Waals surface area contributed by atoms with Gasteiger partial charge in [0.25, 0.3) is 0 Å². The standard InChI is InChI=1S/C16H18O2/c17-16-10-15(11-18-16)14-8-6-13(7-9-14)12-4-2-1-3-5-12/h1-5,8,13,15H,6-7,9-11H2. The van der Waals surface area contributed by atoms with E-state index in [0.717, 1.165) is 12.8 Å². The smallest absolute Gasteiger partial charge is 0.306 e. The molecule has 1 aromatic rings. The van der Waals surface area contributed by atoms with E-state index in [1.807, 2.05) is 0 Å². The van der Waals surface area contributed by atoms with Gasteiger partial charge >= 0.3 is 5.97 Å². The van der Waals surface area contributed by atoms with Crippen LogP contribution in [0.3, 0.4) is 0 Å². The maximum atomic E-state index is 11.1. The SMILES string of the molecule is O=C1CC(C2=CCC(c3ccccc3)CC2)CO1. The van der Waals surface area contributed by atoms with Crippen LogP contribution in [0.5, 0.6) is 0 Å². The van der Waals surface area contributed by atoms with Gasteiger partial charge in [0.15, 0.2) is 0 Å². The van der Waals surface area contributed by atoms with E-state index in [4.69, 9.17) is 4.74 Å². The first-order chi connectivity index (χ1) is 8.83. The highest BCUT2D eigenvalue weighted by atomic mass is 16.5. The van der Waals surface area contributed by atoms with Crippen molar-refractivity contribution in [1.29, 1.82) is 0 Å². The van der Waals surface area contributed by atoms with Gasteiger partial charge in [0, 0.05) is 5.92 Å². The summed E-state index contributed by atoms with van der Waals surface area (Å²) in [5.74, 6) is 0.966. The zero-order valence-electron chi connectivity index (χ0n) is 10.5. The first-order valence-electron chi connectivity index (χ1n) is 6.72. The fourth-order valence-electron chi connectivity index (χ4n) is 3.00. The van der Waals surface area contributed by atoms with Crippen molar-refractivity contribution in [2.24, 2.45) is 5.92 Å². The van der Waals surface area contributed by atoms with E-state index >= 15 is 0 Å². The molecule has 2 unspecified atom stereocenters. The normalized spacial score (nSPS) is 27.8. The van der Waals surface area contributed by atoms with Crippen LogP contribution in [0.4, 0.5) is 0 Å². The molecule has 18 heavy (non-hydrogen) atoms. The number of hydrogen-bond acceptors (Lipinski definition) is 2. The Bertz CT molecular complexity index is 461. The van der Waals surface area contributed by atoms with Crippen molar-refractivity contribution in [3.8, 4) is 0 Å². The minimum absolute atomic E-state index is 0.0360. The van der Waals surface area contributed by atoms with Crippen LogP contribution in [0.1, 0.15) is 37.2 Å². The number of carbonyl (C=O) groups is 1. The Hall–Kier alpha value is -1.57. The molecule has 1 aliphatic carbocycles. The fourth-order valence-corrected chi connectivity index (χ4v) is 3.00. The first-order valence-corrected chi connectivity index (χ1v) is 6.72. The minimum atomic E-state index is -0.0360. The Kier molecular flexibility index (Phi) is 3.18. The summed E-state index contributed by atoms with van der Waals surface area (Å²) in [6.45, 7) is 0.598. The lowest BCUT2D eigenvalue weighted by Gasteiger charge is -2.24. The molecule has 0 aromatic heterocycles. The second-order valence-corrected chi connectivity index (χ2v) is 5.25. The Labute approximate surface area is 108 Å². The predicted molar refractivity (Wildman–Crippen MR) is 70.2 cm³/mol. The first kappa shape index (κ1) is 11.5. The number of carbonyl (C=O) groups excluding carboxylic acids is 1. The molecule has 0 spiro atoms. The van der Waals surface area contributed by atoms with Gasteiger partial charge in [-0.2, -0.15) is 0 Å². The molecule has 0 amide bonds. The van der Waals surface area contributed by atoms with Gasteiger partial charge in [-0.1, -0.05) is 42.0 Å². The topological polar surface area (TPSA) is 26.3 Å². The number of ether oxygens (including phenoxy) is 1. The van der Waals surface area contributed by atoms with Gasteiger partial charge in [-0.25, -0.2) is 0 Å². The third-order valence-corrected chi connectivity index (χ3v) is 4.10. The molecule has 1 heterocycles. The van der Waals surface area contributed by atoms with Gasteiger partial charge in [0.1, 0.15) is 0 Å². The van der Waals surface area contributed by atoms with Gasteiger partial charge in [-0.05, 0) is 30.7 Å². The lowest BCUT2D eigenvalue weighted by Crippen LogP contribution is -2.11. The summed E-state index contributed by atoms with van der Waals surface area (Å²) in [5, 5.41) is 0. The van der Waals surface area contributed by atoms with Crippen molar-refractivity contribution < 1.29 is 9.53 Å². The summed E-state index contributed by atoms with van der Waals surface area (Å²) < 4.78 is 5.05. The third-order valence-electron chi connectivity index (χ3n) is 4.10. The van der Waals surface area contributed by atoms with E-state index < -0.39 is 0 Å². The van der Waals surface area contributed by atoms with Gasteiger partial charge < -0.3 is 4.74 Å². The number of esters is 1. The summed E-state index contributed by atoms with van der Waals surface area (Å²) in [6.07, 6.45) is 6.33. The molecule has 0 N–H and O–H groups in total. The summed E-state index contributed by atoms with van der Waals surface area (Å²) in [6, 6.07) is 10.7. The minimum Gasteiger partial charge on any atom is -0.465 e. The molecule has 94 valence electrons. The van der Waals surface area contributed by atoms with E-state index in [-0.39, 0.29) is 5.97 Å². The average molecular weight is 242 g/mol. The molecule has 1 aromatic carbocycles. The molecule has 3 rings (SSSR count). The molecular weight excluding hydrogens is 224 g/mol. The lowest BCUT2D eigenvalue weighted by atomic mass is 9.80. The van der Waals surface area contributed by atoms with Crippen LogP contribution < -0.4 is 0 Å². The molecule has 0 saturated carbocycles. The monoisotopic (exact) mass is 242 g/mol. The summed E-state index contributed by atoms with van der Waals surface area (Å²) >= 11 is 0. The second kappa shape index (κ2) is 4.97. The second-order valence-electron chi connectivity index (χ2n) is 5.25. The van der Waals surface area contributed by atoms with Crippen molar-refractivity contribution in [3.05, 3.63) is 47.5 Å². The van der Waals surface area contributed by atoms with Gasteiger partial charge in [0.05, 0.1) is 13.0 Å². The van der Waals surface area contributed by atoms with E-state index in [9.17, 15) is 4.79 Å². The van der Waals surface area contributed by atoms with E-state index in [0.29, 0.717) is 24.9 Å². The molecular formula is C16H18O2. The number of allylic oxidation sites excluding steroid dienone is 1. The van der Waals surface area contributed by atoms with Crippen molar-refractivity contribution in [1.82, 2.24) is 0 Å². The van der Waals surface area contributed by atoms with Crippen molar-refractivity contribution in [2.45, 2.75) is 31.6 Å². The fraction of sp³-hybridized carbons (Fsp3) is 0.438. The summed E-state index contributed by atoms with van der Waals surface area (Å²) in [5.41, 5.74) is 2.87. The molecule has 0 bridgehead atoms. The average Bonchev–Trinajstić information content (AvgIpc) is 2.87. The largest absolute Gasteiger partial charge is 0.465 e. The highest BCUT2D eigenvalue weighted by molar-refractivity contribution is 5.72. The van der Waals surface area contributed by atoms with Gasteiger partial charge in [-0.3, -0.25) is 4.79 Å². The molecule has 2 nitrogen and oxygen atoms in total. The molecule has 1 saturated heterocycles. The van der Waals surface area contributed by atoms with E-state index in [1.54, 1.807) is 0 Å². The van der Waals surface area contributed by atoms with Crippen molar-refractivity contribution in [3.63, 3.8) is 0 Å². The molecule has 1 aliphatic heterocycles. The quantitative estimate of drug-likeness (QED) is 0.586. The summed E-state index contributed by atoms with van der Waals surface area (Å²) in [4.78, 5) is 11.1. The Balaban J connectivity index is 1.66. The third kappa shape index (κ3) is 2.33. The van der Waals surface area contributed by atoms with Gasteiger partial charge in [0.2, 0.25) is 0 Å². The van der Waals surface area contributed by atoms with Crippen LogP contribution in [0.2, 0.25) is 0 Å². The molecule has 1 fully saturated rings. The lowest BCUT2D eigenvalue weighted by molar-refractivity contribution is -0.137. The summed E-state index contributed by atoms with van der Waals surface area (Å²) in [7, 11) is 0. The highest BCUT2D eigenvalue weighted by Gasteiger charge is 2.28. The van der Waals surface area contributed by atoms with Crippen LogP contribution in [-0.4, -0.2) is 12.6 Å². The maximum absolute atomic E-state index is 11.1. The van der Waals surface area contributed by atoms with Crippen molar-refractivity contribution >= 4 is 5.97 Å². The van der Waals surface area contributed by atoms with Crippen LogP contribution >= 0.6 is 0 Å². The van der Waals surface area contributed by atoms with E-state index in [1.165, 1.54) is 17.6 Å². The molecule has 2 aliphatic rings. The van der Waals surface area contributed by atoms with Gasteiger partial charge in [-0.15, -0.1) is 0 Å². The Morgan fingerprint density at radius 3 is 2.56 bits per heavy atom. The predicted octanol–water partition coefficient (Wildman–Crippen LogP) is 3.44.